The topological polar surface area (TPSA) is 52.0 Å². The van der Waals surface area contributed by atoms with Crippen molar-refractivity contribution < 1.29 is 4.42 Å². The lowest BCUT2D eigenvalue weighted by atomic mass is 10.3. The molecule has 2 N–H and O–H groups in total. The molecule has 0 bridgehead atoms. The van der Waals surface area contributed by atoms with Gasteiger partial charge in [0.25, 0.3) is 0 Å². The summed E-state index contributed by atoms with van der Waals surface area (Å²) in [7, 11) is 0. The second-order valence-electron chi connectivity index (χ2n) is 4.08. The molecule has 0 atom stereocenters. The van der Waals surface area contributed by atoms with Gasteiger partial charge < -0.3 is 10.2 Å². The molecule has 0 fully saturated rings. The number of aromatic nitrogens is 1. The number of benzene rings is 2. The Bertz CT molecular complexity index is 709. The Hall–Kier alpha value is -1.65. The van der Waals surface area contributed by atoms with Crippen molar-refractivity contribution in [2.45, 2.75) is 10.6 Å². The van der Waals surface area contributed by atoms with E-state index < -0.39 is 0 Å². The molecule has 0 saturated carbocycles. The zero-order valence-electron chi connectivity index (χ0n) is 9.97. The molecule has 0 amide bonds. The smallest absolute Gasteiger partial charge is 0.205 e. The van der Waals surface area contributed by atoms with Crippen molar-refractivity contribution in [3.63, 3.8) is 0 Å². The highest BCUT2D eigenvalue weighted by atomic mass is 35.5. The Morgan fingerprint density at radius 1 is 1.16 bits per heavy atom. The van der Waals surface area contributed by atoms with Crippen LogP contribution < -0.4 is 5.73 Å². The first kappa shape index (κ1) is 12.4. The van der Waals surface area contributed by atoms with Gasteiger partial charge in [0.1, 0.15) is 5.52 Å². The van der Waals surface area contributed by atoms with Crippen LogP contribution in [-0.2, 0) is 5.75 Å². The molecule has 3 aromatic rings. The van der Waals surface area contributed by atoms with Crippen molar-refractivity contribution >= 4 is 40.1 Å². The molecule has 19 heavy (non-hydrogen) atoms. The summed E-state index contributed by atoms with van der Waals surface area (Å²) >= 11 is 7.50. The van der Waals surface area contributed by atoms with E-state index in [4.69, 9.17) is 21.8 Å². The molecule has 3 nitrogen and oxygen atoms in total. The highest BCUT2D eigenvalue weighted by molar-refractivity contribution is 7.98. The number of rotatable bonds is 3. The van der Waals surface area contributed by atoms with Gasteiger partial charge in [-0.25, -0.2) is 4.98 Å². The monoisotopic (exact) mass is 290 g/mol. The third-order valence-electron chi connectivity index (χ3n) is 2.63. The third kappa shape index (κ3) is 2.85. The summed E-state index contributed by atoms with van der Waals surface area (Å²) in [5.41, 5.74) is 7.97. The zero-order valence-corrected chi connectivity index (χ0v) is 11.5. The average molecular weight is 291 g/mol. The first-order chi connectivity index (χ1) is 9.20. The van der Waals surface area contributed by atoms with E-state index in [2.05, 4.69) is 4.98 Å². The third-order valence-corrected chi connectivity index (χ3v) is 3.88. The first-order valence-corrected chi connectivity index (χ1v) is 7.10. The number of halogens is 1. The molecule has 1 heterocycles. The van der Waals surface area contributed by atoms with Crippen LogP contribution in [0.15, 0.2) is 51.8 Å². The Kier molecular flexibility index (Phi) is 3.36. The molecule has 0 saturated heterocycles. The Labute approximate surface area is 119 Å². The van der Waals surface area contributed by atoms with Gasteiger partial charge in [-0.2, -0.15) is 0 Å². The van der Waals surface area contributed by atoms with E-state index in [9.17, 15) is 0 Å². The van der Waals surface area contributed by atoms with Crippen LogP contribution in [-0.4, -0.2) is 4.98 Å². The lowest BCUT2D eigenvalue weighted by molar-refractivity contribution is 0.556. The fourth-order valence-corrected chi connectivity index (χ4v) is 2.60. The van der Waals surface area contributed by atoms with Gasteiger partial charge in [-0.3, -0.25) is 0 Å². The van der Waals surface area contributed by atoms with Crippen LogP contribution in [0.1, 0.15) is 5.89 Å². The van der Waals surface area contributed by atoms with E-state index in [1.54, 1.807) is 11.8 Å². The summed E-state index contributed by atoms with van der Waals surface area (Å²) in [6.07, 6.45) is 0. The second kappa shape index (κ2) is 5.15. The summed E-state index contributed by atoms with van der Waals surface area (Å²) in [5, 5.41) is 0.738. The van der Waals surface area contributed by atoms with E-state index in [1.165, 1.54) is 0 Å². The Morgan fingerprint density at radius 3 is 2.74 bits per heavy atom. The fraction of sp³-hybridized carbons (Fsp3) is 0.0714. The van der Waals surface area contributed by atoms with Crippen LogP contribution in [0, 0.1) is 0 Å². The van der Waals surface area contributed by atoms with Gasteiger partial charge in [0.05, 0.1) is 5.75 Å². The van der Waals surface area contributed by atoms with Crippen LogP contribution in [0.3, 0.4) is 0 Å². The maximum atomic E-state index is 5.85. The van der Waals surface area contributed by atoms with Crippen molar-refractivity contribution in [3.05, 3.63) is 53.4 Å². The van der Waals surface area contributed by atoms with Gasteiger partial charge in [0, 0.05) is 15.6 Å². The van der Waals surface area contributed by atoms with E-state index in [0.29, 0.717) is 17.3 Å². The molecule has 0 spiro atoms. The SMILES string of the molecule is Nc1ccc2oc(CSc3ccc(Cl)cc3)nc2c1. The summed E-state index contributed by atoms with van der Waals surface area (Å²) < 4.78 is 5.65. The summed E-state index contributed by atoms with van der Waals surface area (Å²) in [4.78, 5) is 5.54. The van der Waals surface area contributed by atoms with Gasteiger partial charge in [-0.05, 0) is 42.5 Å². The maximum absolute atomic E-state index is 5.85. The zero-order chi connectivity index (χ0) is 13.2. The predicted molar refractivity (Wildman–Crippen MR) is 79.4 cm³/mol. The molecule has 96 valence electrons. The normalized spacial score (nSPS) is 11.0. The van der Waals surface area contributed by atoms with Crippen molar-refractivity contribution in [1.82, 2.24) is 4.98 Å². The van der Waals surface area contributed by atoms with E-state index in [1.807, 2.05) is 42.5 Å². The predicted octanol–water partition coefficient (Wildman–Crippen LogP) is 4.36. The van der Waals surface area contributed by atoms with Crippen molar-refractivity contribution in [2.75, 3.05) is 5.73 Å². The number of hydrogen-bond donors (Lipinski definition) is 1. The Balaban J connectivity index is 1.76. The van der Waals surface area contributed by atoms with Gasteiger partial charge in [-0.1, -0.05) is 11.6 Å². The van der Waals surface area contributed by atoms with Gasteiger partial charge >= 0.3 is 0 Å². The number of thioether (sulfide) groups is 1. The average Bonchev–Trinajstić information content (AvgIpc) is 2.80. The molecule has 0 aliphatic rings. The Morgan fingerprint density at radius 2 is 1.95 bits per heavy atom. The van der Waals surface area contributed by atoms with E-state index >= 15 is 0 Å². The van der Waals surface area contributed by atoms with Crippen LogP contribution in [0.25, 0.3) is 11.1 Å². The fourth-order valence-electron chi connectivity index (χ4n) is 1.73. The molecule has 0 radical (unpaired) electrons. The van der Waals surface area contributed by atoms with Gasteiger partial charge in [-0.15, -0.1) is 11.8 Å². The number of anilines is 1. The molecule has 0 aliphatic heterocycles. The number of nitrogens with two attached hydrogens (primary N) is 1. The largest absolute Gasteiger partial charge is 0.440 e. The van der Waals surface area contributed by atoms with E-state index in [0.717, 1.165) is 21.0 Å². The van der Waals surface area contributed by atoms with Crippen LogP contribution in [0.4, 0.5) is 5.69 Å². The molecule has 3 rings (SSSR count). The minimum absolute atomic E-state index is 0.677. The van der Waals surface area contributed by atoms with Crippen molar-refractivity contribution in [1.29, 1.82) is 0 Å². The molecule has 2 aromatic carbocycles. The quantitative estimate of drug-likeness (QED) is 0.575. The van der Waals surface area contributed by atoms with Crippen molar-refractivity contribution in [2.24, 2.45) is 0 Å². The van der Waals surface area contributed by atoms with Crippen LogP contribution in [0.5, 0.6) is 0 Å². The highest BCUT2D eigenvalue weighted by Gasteiger charge is 2.06. The maximum Gasteiger partial charge on any atom is 0.205 e. The van der Waals surface area contributed by atoms with Crippen LogP contribution in [0.2, 0.25) is 5.02 Å². The molecule has 0 unspecified atom stereocenters. The molecule has 1 aromatic heterocycles. The van der Waals surface area contributed by atoms with Gasteiger partial charge in [0.15, 0.2) is 5.58 Å². The standard InChI is InChI=1S/C14H11ClN2OS/c15-9-1-4-11(5-2-9)19-8-14-17-12-7-10(16)3-6-13(12)18-14/h1-7H,8,16H2. The molecule has 5 heteroatoms. The number of fused-ring (bicyclic) bond motifs is 1. The van der Waals surface area contributed by atoms with Crippen molar-refractivity contribution in [3.8, 4) is 0 Å². The minimum atomic E-state index is 0.677. The number of hydrogen-bond acceptors (Lipinski definition) is 4. The van der Waals surface area contributed by atoms with E-state index in [-0.39, 0.29) is 0 Å². The first-order valence-electron chi connectivity index (χ1n) is 5.74. The summed E-state index contributed by atoms with van der Waals surface area (Å²) in [5.74, 6) is 1.37. The lowest BCUT2D eigenvalue weighted by Crippen LogP contribution is -1.82. The molecular formula is C14H11ClN2OS. The highest BCUT2D eigenvalue weighted by Crippen LogP contribution is 2.26. The number of nitrogen functional groups attached to an aromatic ring is 1. The molecule has 0 aliphatic carbocycles. The second-order valence-corrected chi connectivity index (χ2v) is 5.56. The number of oxazole rings is 1. The van der Waals surface area contributed by atoms with Gasteiger partial charge in [0.2, 0.25) is 5.89 Å². The minimum Gasteiger partial charge on any atom is -0.440 e. The molecular weight excluding hydrogens is 280 g/mol. The summed E-state index contributed by atoms with van der Waals surface area (Å²) in [6, 6.07) is 13.2. The number of nitrogens with zero attached hydrogens (tertiary/aromatic N) is 1. The van der Waals surface area contributed by atoms with Crippen LogP contribution >= 0.6 is 23.4 Å². The lowest BCUT2D eigenvalue weighted by Gasteiger charge is -1.98. The summed E-state index contributed by atoms with van der Waals surface area (Å²) in [6.45, 7) is 0.